The third-order valence-electron chi connectivity index (χ3n) is 2.63. The zero-order chi connectivity index (χ0) is 13.5. The van der Waals surface area contributed by atoms with Gasteiger partial charge < -0.3 is 9.47 Å². The van der Waals surface area contributed by atoms with Gasteiger partial charge in [0, 0.05) is 30.3 Å². The summed E-state index contributed by atoms with van der Waals surface area (Å²) in [7, 11) is 0. The zero-order valence-corrected chi connectivity index (χ0v) is 11.6. The van der Waals surface area contributed by atoms with Gasteiger partial charge in [0.05, 0.1) is 0 Å². The highest BCUT2D eigenvalue weighted by Crippen LogP contribution is 2.20. The van der Waals surface area contributed by atoms with Crippen molar-refractivity contribution in [1.29, 1.82) is 0 Å². The van der Waals surface area contributed by atoms with Crippen LogP contribution in [-0.2, 0) is 9.47 Å². The molecule has 18 heavy (non-hydrogen) atoms. The number of benzene rings is 1. The molecule has 0 unspecified atom stereocenters. The van der Waals surface area contributed by atoms with Gasteiger partial charge in [0.2, 0.25) is 0 Å². The van der Waals surface area contributed by atoms with Crippen LogP contribution >= 0.6 is 0 Å². The highest BCUT2D eigenvalue weighted by atomic mass is 16.7. The second-order valence-electron chi connectivity index (χ2n) is 4.38. The van der Waals surface area contributed by atoms with Crippen molar-refractivity contribution in [2.24, 2.45) is 5.92 Å². The second kappa shape index (κ2) is 7.29. The molecule has 1 rings (SSSR count). The molecule has 0 aliphatic carbocycles. The van der Waals surface area contributed by atoms with E-state index >= 15 is 0 Å². The second-order valence-corrected chi connectivity index (χ2v) is 4.38. The fourth-order valence-corrected chi connectivity index (χ4v) is 1.68. The Hall–Kier alpha value is -1.19. The van der Waals surface area contributed by atoms with E-state index in [0.717, 1.165) is 11.1 Å². The van der Waals surface area contributed by atoms with Gasteiger partial charge in [0.25, 0.3) is 0 Å². The summed E-state index contributed by atoms with van der Waals surface area (Å²) in [6.45, 7) is 8.86. The van der Waals surface area contributed by atoms with Crippen molar-refractivity contribution in [1.82, 2.24) is 0 Å². The average Bonchev–Trinajstić information content (AvgIpc) is 2.38. The Morgan fingerprint density at radius 1 is 1.06 bits per heavy atom. The number of hydrogen-bond acceptors (Lipinski definition) is 3. The lowest BCUT2D eigenvalue weighted by Crippen LogP contribution is -2.10. The molecular weight excluding hydrogens is 228 g/mol. The molecule has 0 aliphatic rings. The van der Waals surface area contributed by atoms with Gasteiger partial charge in [0.1, 0.15) is 0 Å². The normalized spacial score (nSPS) is 11.2. The quantitative estimate of drug-likeness (QED) is 0.548. The van der Waals surface area contributed by atoms with Crippen molar-refractivity contribution in [2.75, 3.05) is 13.2 Å². The molecule has 0 atom stereocenters. The van der Waals surface area contributed by atoms with Crippen LogP contribution in [0.1, 0.15) is 49.9 Å². The van der Waals surface area contributed by atoms with Gasteiger partial charge in [-0.1, -0.05) is 38.1 Å². The van der Waals surface area contributed by atoms with E-state index in [1.807, 2.05) is 52.0 Å². The Labute approximate surface area is 109 Å². The number of Topliss-reactive ketones (excluding diaryl/α,β-unsaturated/α-hetero) is 1. The molecule has 0 amide bonds. The molecule has 0 radical (unpaired) electrons. The van der Waals surface area contributed by atoms with Crippen LogP contribution in [0.3, 0.4) is 0 Å². The molecule has 1 aromatic rings. The van der Waals surface area contributed by atoms with E-state index in [1.165, 1.54) is 0 Å². The first kappa shape index (κ1) is 14.9. The molecule has 0 heterocycles. The maximum Gasteiger partial charge on any atom is 0.183 e. The number of hydrogen-bond donors (Lipinski definition) is 0. The molecule has 0 bridgehead atoms. The molecule has 0 N–H and O–H groups in total. The van der Waals surface area contributed by atoms with Crippen LogP contribution in [-0.4, -0.2) is 19.0 Å². The number of ether oxygens (including phenoxy) is 2. The lowest BCUT2D eigenvalue weighted by atomic mass is 10.00. The van der Waals surface area contributed by atoms with Gasteiger partial charge in [-0.05, 0) is 13.8 Å². The Balaban J connectivity index is 2.83. The van der Waals surface area contributed by atoms with E-state index < -0.39 is 0 Å². The van der Waals surface area contributed by atoms with Crippen molar-refractivity contribution in [2.45, 2.75) is 34.0 Å². The predicted octanol–water partition coefficient (Wildman–Crippen LogP) is 3.60. The Morgan fingerprint density at radius 2 is 1.56 bits per heavy atom. The lowest BCUT2D eigenvalue weighted by molar-refractivity contribution is -0.140. The number of carbonyl (C=O) groups is 1. The van der Waals surface area contributed by atoms with E-state index in [0.29, 0.717) is 13.2 Å². The standard InChI is InChI=1S/C15H22O3/c1-5-17-15(18-6-2)13-9-7-12(8-10-13)14(16)11(3)4/h7-11,15H,5-6H2,1-4H3. The first-order chi connectivity index (χ1) is 8.60. The summed E-state index contributed by atoms with van der Waals surface area (Å²) in [6.07, 6.45) is -0.344. The third kappa shape index (κ3) is 3.93. The van der Waals surface area contributed by atoms with Crippen molar-refractivity contribution in [3.63, 3.8) is 0 Å². The molecule has 0 saturated carbocycles. The van der Waals surface area contributed by atoms with Crippen molar-refractivity contribution >= 4 is 5.78 Å². The van der Waals surface area contributed by atoms with E-state index in [2.05, 4.69) is 0 Å². The maximum absolute atomic E-state index is 11.8. The van der Waals surface area contributed by atoms with Crippen LogP contribution in [0.25, 0.3) is 0 Å². The first-order valence-corrected chi connectivity index (χ1v) is 6.47. The number of ketones is 1. The largest absolute Gasteiger partial charge is 0.349 e. The summed E-state index contributed by atoms with van der Waals surface area (Å²) in [6, 6.07) is 7.46. The summed E-state index contributed by atoms with van der Waals surface area (Å²) in [5, 5.41) is 0. The summed E-state index contributed by atoms with van der Waals surface area (Å²) < 4.78 is 11.0. The number of carbonyl (C=O) groups excluding carboxylic acids is 1. The number of rotatable bonds is 7. The molecule has 0 spiro atoms. The third-order valence-corrected chi connectivity index (χ3v) is 2.63. The van der Waals surface area contributed by atoms with Crippen LogP contribution in [0.4, 0.5) is 0 Å². The summed E-state index contributed by atoms with van der Waals surface area (Å²) in [4.78, 5) is 11.8. The monoisotopic (exact) mass is 250 g/mol. The topological polar surface area (TPSA) is 35.5 Å². The van der Waals surface area contributed by atoms with E-state index in [9.17, 15) is 4.79 Å². The smallest absolute Gasteiger partial charge is 0.183 e. The molecule has 0 aliphatic heterocycles. The Kier molecular flexibility index (Phi) is 6.02. The van der Waals surface area contributed by atoms with Gasteiger partial charge >= 0.3 is 0 Å². The Morgan fingerprint density at radius 3 is 1.94 bits per heavy atom. The first-order valence-electron chi connectivity index (χ1n) is 6.47. The molecule has 3 nitrogen and oxygen atoms in total. The van der Waals surface area contributed by atoms with Crippen molar-refractivity contribution < 1.29 is 14.3 Å². The molecule has 0 fully saturated rings. The van der Waals surface area contributed by atoms with Crippen LogP contribution < -0.4 is 0 Å². The molecule has 100 valence electrons. The molecular formula is C15H22O3. The van der Waals surface area contributed by atoms with Crippen LogP contribution in [0.5, 0.6) is 0 Å². The highest BCUT2D eigenvalue weighted by Gasteiger charge is 2.14. The summed E-state index contributed by atoms with van der Waals surface area (Å²) >= 11 is 0. The SMILES string of the molecule is CCOC(OCC)c1ccc(C(=O)C(C)C)cc1. The van der Waals surface area contributed by atoms with Gasteiger partial charge in [0.15, 0.2) is 12.1 Å². The lowest BCUT2D eigenvalue weighted by Gasteiger charge is -2.17. The van der Waals surface area contributed by atoms with Crippen LogP contribution in [0.2, 0.25) is 0 Å². The average molecular weight is 250 g/mol. The van der Waals surface area contributed by atoms with Crippen LogP contribution in [0, 0.1) is 5.92 Å². The summed E-state index contributed by atoms with van der Waals surface area (Å²) in [5.41, 5.74) is 1.68. The Bertz CT molecular complexity index is 362. The molecule has 1 aromatic carbocycles. The van der Waals surface area contributed by atoms with Crippen molar-refractivity contribution in [3.8, 4) is 0 Å². The molecule has 0 saturated heterocycles. The van der Waals surface area contributed by atoms with Gasteiger partial charge in [-0.3, -0.25) is 4.79 Å². The minimum atomic E-state index is -0.344. The van der Waals surface area contributed by atoms with Gasteiger partial charge in [-0.25, -0.2) is 0 Å². The van der Waals surface area contributed by atoms with Gasteiger partial charge in [-0.15, -0.1) is 0 Å². The molecule has 3 heteroatoms. The summed E-state index contributed by atoms with van der Waals surface area (Å²) in [5.74, 6) is 0.177. The van der Waals surface area contributed by atoms with E-state index in [4.69, 9.17) is 9.47 Å². The molecule has 0 aromatic heterocycles. The minimum absolute atomic E-state index is 0.0189. The predicted molar refractivity (Wildman–Crippen MR) is 71.6 cm³/mol. The van der Waals surface area contributed by atoms with E-state index in [1.54, 1.807) is 0 Å². The highest BCUT2D eigenvalue weighted by molar-refractivity contribution is 5.97. The van der Waals surface area contributed by atoms with Crippen LogP contribution in [0.15, 0.2) is 24.3 Å². The fourth-order valence-electron chi connectivity index (χ4n) is 1.68. The van der Waals surface area contributed by atoms with E-state index in [-0.39, 0.29) is 18.0 Å². The maximum atomic E-state index is 11.8. The zero-order valence-electron chi connectivity index (χ0n) is 11.6. The minimum Gasteiger partial charge on any atom is -0.349 e. The fraction of sp³-hybridized carbons (Fsp3) is 0.533. The van der Waals surface area contributed by atoms with Gasteiger partial charge in [-0.2, -0.15) is 0 Å². The van der Waals surface area contributed by atoms with Crippen molar-refractivity contribution in [3.05, 3.63) is 35.4 Å².